The number of phenolic OH excluding ortho intramolecular Hbond substituents is 1. The Kier molecular flexibility index (Phi) is 6.98. The lowest BCUT2D eigenvalue weighted by Gasteiger charge is -2.32. The van der Waals surface area contributed by atoms with Gasteiger partial charge in [-0.05, 0) is 61.0 Å². The fourth-order valence-corrected chi connectivity index (χ4v) is 6.05. The van der Waals surface area contributed by atoms with Gasteiger partial charge in [-0.3, -0.25) is 4.90 Å². The first kappa shape index (κ1) is 24.1. The van der Waals surface area contributed by atoms with Crippen molar-refractivity contribution in [1.29, 1.82) is 0 Å². The van der Waals surface area contributed by atoms with Crippen LogP contribution in [0.25, 0.3) is 31.7 Å². The minimum Gasteiger partial charge on any atom is -0.507 e. The lowest BCUT2D eigenvalue weighted by Crippen LogP contribution is -2.45. The van der Waals surface area contributed by atoms with Crippen LogP contribution in [0.3, 0.4) is 0 Å². The predicted octanol–water partition coefficient (Wildman–Crippen LogP) is 6.67. The average Bonchev–Trinajstić information content (AvgIpc) is 3.24. The van der Waals surface area contributed by atoms with Crippen molar-refractivity contribution >= 4 is 33.0 Å². The van der Waals surface area contributed by atoms with E-state index in [0.717, 1.165) is 69.9 Å². The summed E-state index contributed by atoms with van der Waals surface area (Å²) in [7, 11) is 2.15. The number of rotatable bonds is 6. The number of benzene rings is 3. The molecule has 1 N–H and O–H groups in total. The van der Waals surface area contributed by atoms with Crippen LogP contribution in [-0.2, 0) is 0 Å². The third-order valence-corrected chi connectivity index (χ3v) is 8.35. The van der Waals surface area contributed by atoms with Gasteiger partial charge in [0, 0.05) is 53.3 Å². The topological polar surface area (TPSA) is 35.9 Å². The van der Waals surface area contributed by atoms with Gasteiger partial charge >= 0.3 is 0 Å². The molecule has 5 rings (SSSR count). The van der Waals surface area contributed by atoms with E-state index < -0.39 is 0 Å². The fourth-order valence-electron chi connectivity index (χ4n) is 4.59. The highest BCUT2D eigenvalue weighted by atomic mass is 35.5. The SMILES string of the molecule is Cc1c(-c2c(-c3ccc(F)cc3)sc3cccc(O)c23)ccc(OCCN2CCN(C)CC2)c1Cl. The number of aromatic hydroxyl groups is 1. The number of hydrogen-bond donors (Lipinski definition) is 1. The highest BCUT2D eigenvalue weighted by molar-refractivity contribution is 7.23. The number of nitrogens with zero attached hydrogens (tertiary/aromatic N) is 2. The average molecular weight is 511 g/mol. The molecule has 0 radical (unpaired) electrons. The van der Waals surface area contributed by atoms with Crippen LogP contribution in [0, 0.1) is 12.7 Å². The molecule has 1 aromatic heterocycles. The van der Waals surface area contributed by atoms with E-state index in [1.54, 1.807) is 29.5 Å². The normalized spacial score (nSPS) is 15.1. The van der Waals surface area contributed by atoms with Crippen molar-refractivity contribution in [3.8, 4) is 33.1 Å². The number of fused-ring (bicyclic) bond motifs is 1. The first-order valence-corrected chi connectivity index (χ1v) is 13.0. The maximum absolute atomic E-state index is 13.6. The third kappa shape index (κ3) is 4.89. The molecule has 4 aromatic rings. The van der Waals surface area contributed by atoms with Gasteiger partial charge in [0.25, 0.3) is 0 Å². The third-order valence-electron chi connectivity index (χ3n) is 6.68. The summed E-state index contributed by atoms with van der Waals surface area (Å²) < 4.78 is 20.7. The molecule has 0 spiro atoms. The van der Waals surface area contributed by atoms with Crippen molar-refractivity contribution in [2.75, 3.05) is 46.4 Å². The Balaban J connectivity index is 1.48. The molecule has 182 valence electrons. The molecule has 1 fully saturated rings. The van der Waals surface area contributed by atoms with Crippen LogP contribution in [-0.4, -0.2) is 61.3 Å². The number of likely N-dealkylation sites (N-methyl/N-ethyl adjacent to an activating group) is 1. The zero-order valence-corrected chi connectivity index (χ0v) is 21.4. The maximum atomic E-state index is 13.6. The first-order valence-electron chi connectivity index (χ1n) is 11.8. The van der Waals surface area contributed by atoms with Gasteiger partial charge in [0.15, 0.2) is 0 Å². The summed E-state index contributed by atoms with van der Waals surface area (Å²) in [5, 5.41) is 12.1. The van der Waals surface area contributed by atoms with Crippen LogP contribution in [0.4, 0.5) is 4.39 Å². The Morgan fingerprint density at radius 2 is 1.77 bits per heavy atom. The van der Waals surface area contributed by atoms with E-state index in [-0.39, 0.29) is 11.6 Å². The highest BCUT2D eigenvalue weighted by Gasteiger charge is 2.22. The van der Waals surface area contributed by atoms with Gasteiger partial charge in [-0.15, -0.1) is 11.3 Å². The molecule has 0 amide bonds. The largest absolute Gasteiger partial charge is 0.507 e. The van der Waals surface area contributed by atoms with Crippen molar-refractivity contribution in [3.05, 3.63) is 71.0 Å². The van der Waals surface area contributed by atoms with Crippen molar-refractivity contribution in [1.82, 2.24) is 9.80 Å². The Hall–Kier alpha value is -2.64. The summed E-state index contributed by atoms with van der Waals surface area (Å²) in [6.45, 7) is 7.66. The number of phenols is 1. The molecule has 1 aliphatic rings. The number of ether oxygens (including phenoxy) is 1. The summed E-state index contributed by atoms with van der Waals surface area (Å²) in [6.07, 6.45) is 0. The Labute approximate surface area is 214 Å². The van der Waals surface area contributed by atoms with Gasteiger partial charge in [0.05, 0.1) is 5.02 Å². The molecule has 0 saturated carbocycles. The minimum atomic E-state index is -0.281. The minimum absolute atomic E-state index is 0.213. The van der Waals surface area contributed by atoms with Crippen molar-refractivity contribution in [2.24, 2.45) is 0 Å². The Morgan fingerprint density at radius 1 is 1.03 bits per heavy atom. The molecule has 1 aliphatic heterocycles. The van der Waals surface area contributed by atoms with Crippen LogP contribution in [0.5, 0.6) is 11.5 Å². The second-order valence-electron chi connectivity index (χ2n) is 9.01. The molecule has 3 aromatic carbocycles. The fraction of sp³-hybridized carbons (Fsp3) is 0.286. The molecular weight excluding hydrogens is 483 g/mol. The molecule has 0 aliphatic carbocycles. The second-order valence-corrected chi connectivity index (χ2v) is 10.4. The Bertz CT molecular complexity index is 1350. The van der Waals surface area contributed by atoms with Crippen LogP contribution in [0.1, 0.15) is 5.56 Å². The number of piperazine rings is 1. The van der Waals surface area contributed by atoms with Crippen molar-refractivity contribution in [2.45, 2.75) is 6.92 Å². The van der Waals surface area contributed by atoms with Gasteiger partial charge in [0.2, 0.25) is 0 Å². The quantitative estimate of drug-likeness (QED) is 0.314. The standard InChI is InChI=1S/C28H28ClFN2O2S/c1-18-21(10-11-23(27(18)29)34-17-16-32-14-12-31(2)13-15-32)25-26-22(33)4-3-5-24(26)35-28(25)19-6-8-20(30)9-7-19/h3-11,33H,12-17H2,1-2H3. The summed E-state index contributed by atoms with van der Waals surface area (Å²) in [5.41, 5.74) is 3.60. The smallest absolute Gasteiger partial charge is 0.138 e. The molecule has 0 bridgehead atoms. The van der Waals surface area contributed by atoms with E-state index in [4.69, 9.17) is 16.3 Å². The zero-order chi connectivity index (χ0) is 24.5. The molecule has 1 saturated heterocycles. The lowest BCUT2D eigenvalue weighted by atomic mass is 9.95. The zero-order valence-electron chi connectivity index (χ0n) is 19.9. The van der Waals surface area contributed by atoms with E-state index in [2.05, 4.69) is 16.8 Å². The summed E-state index contributed by atoms with van der Waals surface area (Å²) in [6, 6.07) is 15.9. The van der Waals surface area contributed by atoms with E-state index >= 15 is 0 Å². The van der Waals surface area contributed by atoms with Crippen LogP contribution < -0.4 is 4.74 Å². The summed E-state index contributed by atoms with van der Waals surface area (Å²) >= 11 is 8.39. The van der Waals surface area contributed by atoms with Gasteiger partial charge < -0.3 is 14.7 Å². The number of hydrogen-bond acceptors (Lipinski definition) is 5. The van der Waals surface area contributed by atoms with Crippen molar-refractivity contribution in [3.63, 3.8) is 0 Å². The molecule has 0 atom stereocenters. The highest BCUT2D eigenvalue weighted by Crippen LogP contribution is 2.50. The molecule has 2 heterocycles. The predicted molar refractivity (Wildman–Crippen MR) is 143 cm³/mol. The molecule has 0 unspecified atom stereocenters. The monoisotopic (exact) mass is 510 g/mol. The number of halogens is 2. The molecule has 7 heteroatoms. The summed E-state index contributed by atoms with van der Waals surface area (Å²) in [4.78, 5) is 5.71. The first-order chi connectivity index (χ1) is 16.9. The van der Waals surface area contributed by atoms with E-state index in [1.807, 2.05) is 31.2 Å². The molecule has 4 nitrogen and oxygen atoms in total. The van der Waals surface area contributed by atoms with E-state index in [9.17, 15) is 9.50 Å². The van der Waals surface area contributed by atoms with Crippen LogP contribution in [0.15, 0.2) is 54.6 Å². The summed E-state index contributed by atoms with van der Waals surface area (Å²) in [5.74, 6) is 0.593. The van der Waals surface area contributed by atoms with Crippen molar-refractivity contribution < 1.29 is 14.2 Å². The number of thiophene rings is 1. The lowest BCUT2D eigenvalue weighted by molar-refractivity contribution is 0.134. The van der Waals surface area contributed by atoms with Gasteiger partial charge in [-0.1, -0.05) is 35.9 Å². The van der Waals surface area contributed by atoms with Gasteiger partial charge in [0.1, 0.15) is 23.9 Å². The molecule has 35 heavy (non-hydrogen) atoms. The van der Waals surface area contributed by atoms with E-state index in [0.29, 0.717) is 17.4 Å². The molecular formula is C28H28ClFN2O2S. The second kappa shape index (κ2) is 10.2. The van der Waals surface area contributed by atoms with Crippen LogP contribution in [0.2, 0.25) is 5.02 Å². The van der Waals surface area contributed by atoms with Gasteiger partial charge in [-0.25, -0.2) is 4.39 Å². The van der Waals surface area contributed by atoms with Gasteiger partial charge in [-0.2, -0.15) is 0 Å². The Morgan fingerprint density at radius 3 is 2.51 bits per heavy atom. The van der Waals surface area contributed by atoms with E-state index in [1.165, 1.54) is 12.1 Å². The maximum Gasteiger partial charge on any atom is 0.138 e. The van der Waals surface area contributed by atoms with Crippen LogP contribution >= 0.6 is 22.9 Å².